The zero-order valence-electron chi connectivity index (χ0n) is 16.3. The van der Waals surface area contributed by atoms with Crippen molar-refractivity contribution < 1.29 is 4.42 Å². The topological polar surface area (TPSA) is 102 Å². The molecule has 4 heterocycles. The Labute approximate surface area is 178 Å². The number of aromatic nitrogens is 5. The molecule has 0 aliphatic carbocycles. The number of nitrogens with two attached hydrogens (primary N) is 1. The molecule has 1 saturated heterocycles. The molecule has 1 fully saturated rings. The third-order valence-corrected chi connectivity index (χ3v) is 5.56. The Hall–Kier alpha value is -3.17. The summed E-state index contributed by atoms with van der Waals surface area (Å²) in [5.41, 5.74) is 7.28. The van der Waals surface area contributed by atoms with E-state index in [4.69, 9.17) is 21.8 Å². The summed E-state index contributed by atoms with van der Waals surface area (Å²) in [5.74, 6) is 2.21. The van der Waals surface area contributed by atoms with E-state index < -0.39 is 0 Å². The van der Waals surface area contributed by atoms with E-state index in [1.54, 1.807) is 18.4 Å². The van der Waals surface area contributed by atoms with Gasteiger partial charge in [-0.3, -0.25) is 4.90 Å². The first-order valence-electron chi connectivity index (χ1n) is 9.82. The second-order valence-electron chi connectivity index (χ2n) is 7.21. The van der Waals surface area contributed by atoms with E-state index in [1.165, 1.54) is 4.52 Å². The van der Waals surface area contributed by atoms with Crippen molar-refractivity contribution in [2.45, 2.75) is 13.0 Å². The molecule has 30 heavy (non-hydrogen) atoms. The molecular weight excluding hydrogens is 404 g/mol. The molecule has 3 aromatic heterocycles. The Kier molecular flexibility index (Phi) is 4.97. The van der Waals surface area contributed by atoms with Crippen LogP contribution in [0.3, 0.4) is 0 Å². The number of benzene rings is 1. The Morgan fingerprint density at radius 3 is 2.73 bits per heavy atom. The highest BCUT2D eigenvalue weighted by molar-refractivity contribution is 6.31. The van der Waals surface area contributed by atoms with Crippen molar-refractivity contribution in [3.63, 3.8) is 0 Å². The molecule has 0 bridgehead atoms. The molecule has 5 rings (SSSR count). The van der Waals surface area contributed by atoms with Crippen LogP contribution in [-0.4, -0.2) is 55.6 Å². The maximum Gasteiger partial charge on any atom is 0.259 e. The second-order valence-corrected chi connectivity index (χ2v) is 7.62. The van der Waals surface area contributed by atoms with Crippen LogP contribution in [-0.2, 0) is 6.54 Å². The van der Waals surface area contributed by atoms with Gasteiger partial charge in [0.15, 0.2) is 5.76 Å². The third kappa shape index (κ3) is 3.69. The normalized spacial score (nSPS) is 15.6. The lowest BCUT2D eigenvalue weighted by Gasteiger charge is -2.22. The fourth-order valence-corrected chi connectivity index (χ4v) is 3.84. The zero-order valence-corrected chi connectivity index (χ0v) is 17.0. The van der Waals surface area contributed by atoms with Crippen LogP contribution < -0.4 is 10.6 Å². The molecule has 1 aliphatic heterocycles. The van der Waals surface area contributed by atoms with Crippen molar-refractivity contribution in [2.24, 2.45) is 0 Å². The fourth-order valence-electron chi connectivity index (χ4n) is 3.64. The molecule has 4 aromatic rings. The first-order valence-corrected chi connectivity index (χ1v) is 10.2. The van der Waals surface area contributed by atoms with Crippen LogP contribution >= 0.6 is 11.6 Å². The van der Waals surface area contributed by atoms with Gasteiger partial charge >= 0.3 is 0 Å². The predicted molar refractivity (Wildman–Crippen MR) is 114 cm³/mol. The number of nitrogens with zero attached hydrogens (tertiary/aromatic N) is 7. The minimum absolute atomic E-state index is 0.248. The molecule has 9 nitrogen and oxygen atoms in total. The molecule has 1 aliphatic rings. The molecule has 0 saturated carbocycles. The third-order valence-electron chi connectivity index (χ3n) is 5.19. The van der Waals surface area contributed by atoms with Gasteiger partial charge in [-0.25, -0.2) is 0 Å². The summed E-state index contributed by atoms with van der Waals surface area (Å²) >= 11 is 6.33. The standard InChI is InChI=1S/C20H21ClN8O/c21-15-6-2-1-5-14(15)13-27-8-4-9-28(11-10-27)19-24-18(22)29-20(25-19)23-17(26-29)16-7-3-12-30-16/h1-3,5-7,12H,4,8-11,13H2,(H2,22,23,24,25,26). The van der Waals surface area contributed by atoms with Crippen molar-refractivity contribution >= 4 is 29.3 Å². The SMILES string of the molecule is Nc1nc(N2CCCN(Cc3ccccc3Cl)CC2)nc2nc(-c3ccco3)nn12. The van der Waals surface area contributed by atoms with Gasteiger partial charge in [-0.15, -0.1) is 5.10 Å². The van der Waals surface area contributed by atoms with E-state index in [0.29, 0.717) is 23.3 Å². The number of anilines is 2. The maximum absolute atomic E-state index is 6.33. The van der Waals surface area contributed by atoms with E-state index >= 15 is 0 Å². The molecule has 0 radical (unpaired) electrons. The van der Waals surface area contributed by atoms with E-state index in [9.17, 15) is 0 Å². The van der Waals surface area contributed by atoms with Crippen molar-refractivity contribution in [1.29, 1.82) is 0 Å². The smallest absolute Gasteiger partial charge is 0.259 e. The van der Waals surface area contributed by atoms with Crippen LogP contribution in [0.25, 0.3) is 17.4 Å². The van der Waals surface area contributed by atoms with Crippen LogP contribution in [0.5, 0.6) is 0 Å². The van der Waals surface area contributed by atoms with Gasteiger partial charge in [0, 0.05) is 37.7 Å². The van der Waals surface area contributed by atoms with E-state index in [1.807, 2.05) is 18.2 Å². The molecule has 154 valence electrons. The van der Waals surface area contributed by atoms with E-state index in [-0.39, 0.29) is 5.95 Å². The number of nitrogen functional groups attached to an aromatic ring is 1. The Morgan fingerprint density at radius 1 is 1.00 bits per heavy atom. The van der Waals surface area contributed by atoms with Crippen LogP contribution in [0.2, 0.25) is 5.02 Å². The highest BCUT2D eigenvalue weighted by Crippen LogP contribution is 2.21. The fraction of sp³-hybridized carbons (Fsp3) is 0.300. The molecule has 0 spiro atoms. The lowest BCUT2D eigenvalue weighted by molar-refractivity contribution is 0.285. The van der Waals surface area contributed by atoms with Gasteiger partial charge in [0.1, 0.15) is 0 Å². The molecular formula is C20H21ClN8O. The highest BCUT2D eigenvalue weighted by Gasteiger charge is 2.20. The van der Waals surface area contributed by atoms with Crippen LogP contribution in [0.15, 0.2) is 47.1 Å². The van der Waals surface area contributed by atoms with Gasteiger partial charge in [-0.05, 0) is 30.2 Å². The number of rotatable bonds is 4. The number of hydrogen-bond acceptors (Lipinski definition) is 8. The first-order chi connectivity index (χ1) is 14.7. The average molecular weight is 425 g/mol. The van der Waals surface area contributed by atoms with Gasteiger partial charge in [0.2, 0.25) is 17.7 Å². The van der Waals surface area contributed by atoms with Crippen LogP contribution in [0.4, 0.5) is 11.9 Å². The first kappa shape index (κ1) is 18.8. The van der Waals surface area contributed by atoms with Gasteiger partial charge in [0.05, 0.1) is 6.26 Å². The molecule has 0 unspecified atom stereocenters. The number of fused-ring (bicyclic) bond motifs is 1. The highest BCUT2D eigenvalue weighted by atomic mass is 35.5. The predicted octanol–water partition coefficient (Wildman–Crippen LogP) is 2.73. The van der Waals surface area contributed by atoms with Gasteiger partial charge in [0.25, 0.3) is 5.78 Å². The van der Waals surface area contributed by atoms with Gasteiger partial charge in [-0.1, -0.05) is 29.8 Å². The zero-order chi connectivity index (χ0) is 20.5. The summed E-state index contributed by atoms with van der Waals surface area (Å²) in [6.07, 6.45) is 2.57. The van der Waals surface area contributed by atoms with Gasteiger partial charge < -0.3 is 15.1 Å². The summed E-state index contributed by atoms with van der Waals surface area (Å²) in [6.45, 7) is 4.32. The summed E-state index contributed by atoms with van der Waals surface area (Å²) in [4.78, 5) is 18.1. The lowest BCUT2D eigenvalue weighted by atomic mass is 10.2. The van der Waals surface area contributed by atoms with Crippen molar-refractivity contribution in [3.05, 3.63) is 53.2 Å². The largest absolute Gasteiger partial charge is 0.461 e. The summed E-state index contributed by atoms with van der Waals surface area (Å²) in [6, 6.07) is 11.6. The monoisotopic (exact) mass is 424 g/mol. The second kappa shape index (κ2) is 7.92. The Morgan fingerprint density at radius 2 is 1.90 bits per heavy atom. The quantitative estimate of drug-likeness (QED) is 0.533. The minimum Gasteiger partial charge on any atom is -0.461 e. The molecule has 2 N–H and O–H groups in total. The Balaban J connectivity index is 1.34. The van der Waals surface area contributed by atoms with E-state index in [0.717, 1.165) is 49.7 Å². The van der Waals surface area contributed by atoms with Crippen LogP contribution in [0, 0.1) is 0 Å². The summed E-state index contributed by atoms with van der Waals surface area (Å²) < 4.78 is 6.80. The molecule has 1 aromatic carbocycles. The van der Waals surface area contributed by atoms with Gasteiger partial charge in [-0.2, -0.15) is 19.5 Å². The maximum atomic E-state index is 6.33. The molecule has 0 amide bonds. The van der Waals surface area contributed by atoms with Crippen molar-refractivity contribution in [3.8, 4) is 11.6 Å². The summed E-state index contributed by atoms with van der Waals surface area (Å²) in [5, 5.41) is 5.15. The Bertz CT molecular complexity index is 1160. The van der Waals surface area contributed by atoms with Crippen LogP contribution in [0.1, 0.15) is 12.0 Å². The van der Waals surface area contributed by atoms with E-state index in [2.05, 4.69) is 35.9 Å². The number of hydrogen-bond donors (Lipinski definition) is 1. The summed E-state index contributed by atoms with van der Waals surface area (Å²) in [7, 11) is 0. The number of furan rings is 1. The average Bonchev–Trinajstić information content (AvgIpc) is 3.36. The lowest BCUT2D eigenvalue weighted by Crippen LogP contribution is -2.32. The number of halogens is 1. The molecule has 10 heteroatoms. The minimum atomic E-state index is 0.248. The molecule has 0 atom stereocenters. The van der Waals surface area contributed by atoms with Crippen molar-refractivity contribution in [2.75, 3.05) is 36.8 Å². The van der Waals surface area contributed by atoms with Crippen molar-refractivity contribution in [1.82, 2.24) is 29.5 Å².